The van der Waals surface area contributed by atoms with Gasteiger partial charge in [-0.25, -0.2) is 0 Å². The number of hydrogen-bond donors (Lipinski definition) is 3. The van der Waals surface area contributed by atoms with Gasteiger partial charge in [0.25, 0.3) is 5.91 Å². The van der Waals surface area contributed by atoms with Crippen LogP contribution in [0.4, 0.5) is 0 Å². The predicted molar refractivity (Wildman–Crippen MR) is 115 cm³/mol. The minimum absolute atomic E-state index is 0.0297. The summed E-state index contributed by atoms with van der Waals surface area (Å²) >= 11 is 0. The highest BCUT2D eigenvalue weighted by molar-refractivity contribution is 5.94. The molecule has 0 heterocycles. The fourth-order valence-electron chi connectivity index (χ4n) is 3.62. The molecule has 28 heavy (non-hydrogen) atoms. The molecule has 148 valence electrons. The maximum Gasteiger partial charge on any atom is 0.251 e. The van der Waals surface area contributed by atoms with Crippen molar-refractivity contribution < 1.29 is 4.79 Å². The van der Waals surface area contributed by atoms with Crippen LogP contribution in [0.25, 0.3) is 0 Å². The van der Waals surface area contributed by atoms with E-state index in [1.54, 1.807) is 7.05 Å². The van der Waals surface area contributed by atoms with Gasteiger partial charge in [-0.2, -0.15) is 0 Å². The first-order valence-electron chi connectivity index (χ1n) is 10.1. The second kappa shape index (κ2) is 9.93. The number of carbonyl (C=O) groups excluding carboxylic acids is 1. The third-order valence-electron chi connectivity index (χ3n) is 5.48. The standard InChI is InChI=1S/C23H30N4O/c1-24-22(26-17-9-16-25-21(28)19-10-4-2-5-11-19)27-18-23(14-8-15-23)20-12-6-3-7-13-20/h2-7,10-13H,8-9,14-18H2,1H3,(H,25,28)(H2,24,26,27). The molecule has 1 saturated carbocycles. The smallest absolute Gasteiger partial charge is 0.251 e. The summed E-state index contributed by atoms with van der Waals surface area (Å²) in [6.45, 7) is 2.28. The van der Waals surface area contributed by atoms with Crippen LogP contribution < -0.4 is 16.0 Å². The fourth-order valence-corrected chi connectivity index (χ4v) is 3.62. The Hall–Kier alpha value is -2.82. The quantitative estimate of drug-likeness (QED) is 0.376. The summed E-state index contributed by atoms with van der Waals surface area (Å²) in [5.41, 5.74) is 2.33. The zero-order chi connectivity index (χ0) is 19.7. The number of hydrogen-bond acceptors (Lipinski definition) is 2. The third-order valence-corrected chi connectivity index (χ3v) is 5.48. The van der Waals surface area contributed by atoms with Crippen LogP contribution in [0, 0.1) is 0 Å². The van der Waals surface area contributed by atoms with E-state index in [-0.39, 0.29) is 11.3 Å². The fraction of sp³-hybridized carbons (Fsp3) is 0.391. The molecular formula is C23H30N4O. The molecule has 0 saturated heterocycles. The summed E-state index contributed by atoms with van der Waals surface area (Å²) in [4.78, 5) is 16.3. The van der Waals surface area contributed by atoms with Gasteiger partial charge >= 0.3 is 0 Å². The van der Waals surface area contributed by atoms with Crippen molar-refractivity contribution >= 4 is 11.9 Å². The molecule has 3 rings (SSSR count). The van der Waals surface area contributed by atoms with Crippen LogP contribution in [-0.2, 0) is 5.41 Å². The van der Waals surface area contributed by atoms with E-state index in [1.165, 1.54) is 24.8 Å². The van der Waals surface area contributed by atoms with Gasteiger partial charge in [-0.3, -0.25) is 9.79 Å². The number of carbonyl (C=O) groups is 1. The lowest BCUT2D eigenvalue weighted by Gasteiger charge is -2.43. The molecule has 2 aromatic carbocycles. The Morgan fingerprint density at radius 1 is 0.929 bits per heavy atom. The monoisotopic (exact) mass is 378 g/mol. The summed E-state index contributed by atoms with van der Waals surface area (Å²) in [6, 6.07) is 20.1. The molecule has 1 fully saturated rings. The van der Waals surface area contributed by atoms with Crippen LogP contribution in [0.1, 0.15) is 41.6 Å². The van der Waals surface area contributed by atoms with Crippen molar-refractivity contribution in [3.05, 3.63) is 71.8 Å². The Morgan fingerprint density at radius 2 is 1.57 bits per heavy atom. The molecule has 0 unspecified atom stereocenters. The van der Waals surface area contributed by atoms with Crippen LogP contribution >= 0.6 is 0 Å². The Kier molecular flexibility index (Phi) is 7.06. The van der Waals surface area contributed by atoms with Gasteiger partial charge in [-0.05, 0) is 37.0 Å². The molecule has 0 aromatic heterocycles. The van der Waals surface area contributed by atoms with E-state index in [0.717, 1.165) is 25.5 Å². The highest BCUT2D eigenvalue weighted by Crippen LogP contribution is 2.43. The van der Waals surface area contributed by atoms with E-state index in [4.69, 9.17) is 0 Å². The van der Waals surface area contributed by atoms with Crippen LogP contribution in [0.5, 0.6) is 0 Å². The minimum Gasteiger partial charge on any atom is -0.356 e. The summed E-state index contributed by atoms with van der Waals surface area (Å²) < 4.78 is 0. The number of aliphatic imine (C=N–C) groups is 1. The molecule has 1 aliphatic rings. The summed E-state index contributed by atoms with van der Waals surface area (Å²) in [7, 11) is 1.79. The second-order valence-electron chi connectivity index (χ2n) is 7.33. The first-order chi connectivity index (χ1) is 13.7. The molecule has 5 nitrogen and oxygen atoms in total. The van der Waals surface area contributed by atoms with Crippen molar-refractivity contribution in [2.75, 3.05) is 26.7 Å². The summed E-state index contributed by atoms with van der Waals surface area (Å²) in [5, 5.41) is 9.78. The highest BCUT2D eigenvalue weighted by Gasteiger charge is 2.38. The first-order valence-corrected chi connectivity index (χ1v) is 10.1. The van der Waals surface area contributed by atoms with Crippen LogP contribution in [0.15, 0.2) is 65.7 Å². The van der Waals surface area contributed by atoms with Gasteiger partial charge in [0.15, 0.2) is 5.96 Å². The zero-order valence-corrected chi connectivity index (χ0v) is 16.6. The average molecular weight is 379 g/mol. The predicted octanol–water partition coefficient (Wildman–Crippen LogP) is 3.09. The van der Waals surface area contributed by atoms with Gasteiger partial charge in [0.2, 0.25) is 0 Å². The molecular weight excluding hydrogens is 348 g/mol. The maximum atomic E-state index is 12.0. The number of benzene rings is 2. The Balaban J connectivity index is 1.38. The Labute approximate surface area is 167 Å². The molecule has 1 aliphatic carbocycles. The van der Waals surface area contributed by atoms with Crippen molar-refractivity contribution in [1.82, 2.24) is 16.0 Å². The van der Waals surface area contributed by atoms with Gasteiger partial charge < -0.3 is 16.0 Å². The van der Waals surface area contributed by atoms with E-state index in [0.29, 0.717) is 12.1 Å². The number of amides is 1. The number of rotatable bonds is 8. The second-order valence-corrected chi connectivity index (χ2v) is 7.33. The summed E-state index contributed by atoms with van der Waals surface area (Å²) in [5.74, 6) is 0.787. The van der Waals surface area contributed by atoms with Crippen LogP contribution in [-0.4, -0.2) is 38.5 Å². The van der Waals surface area contributed by atoms with E-state index in [1.807, 2.05) is 30.3 Å². The van der Waals surface area contributed by atoms with Crippen LogP contribution in [0.2, 0.25) is 0 Å². The molecule has 1 amide bonds. The summed E-state index contributed by atoms with van der Waals surface area (Å²) in [6.07, 6.45) is 4.55. The lowest BCUT2D eigenvalue weighted by Crippen LogP contribution is -2.49. The Bertz CT molecular complexity index is 770. The molecule has 0 aliphatic heterocycles. The van der Waals surface area contributed by atoms with Gasteiger partial charge in [-0.1, -0.05) is 55.0 Å². The lowest BCUT2D eigenvalue weighted by molar-refractivity contribution is 0.0953. The molecule has 0 atom stereocenters. The number of nitrogens with zero attached hydrogens (tertiary/aromatic N) is 1. The van der Waals surface area contributed by atoms with Crippen molar-refractivity contribution in [2.45, 2.75) is 31.1 Å². The normalized spacial score (nSPS) is 15.4. The minimum atomic E-state index is -0.0297. The van der Waals surface area contributed by atoms with Gasteiger partial charge in [0, 0.05) is 37.7 Å². The van der Waals surface area contributed by atoms with E-state index in [2.05, 4.69) is 51.3 Å². The zero-order valence-electron chi connectivity index (χ0n) is 16.6. The van der Waals surface area contributed by atoms with E-state index in [9.17, 15) is 4.79 Å². The molecule has 0 radical (unpaired) electrons. The van der Waals surface area contributed by atoms with Crippen molar-refractivity contribution in [3.63, 3.8) is 0 Å². The number of guanidine groups is 1. The average Bonchev–Trinajstić information content (AvgIpc) is 2.72. The first kappa shape index (κ1) is 19.9. The lowest BCUT2D eigenvalue weighted by atomic mass is 9.64. The van der Waals surface area contributed by atoms with Gasteiger partial charge in [0.1, 0.15) is 0 Å². The van der Waals surface area contributed by atoms with E-state index >= 15 is 0 Å². The molecule has 5 heteroatoms. The van der Waals surface area contributed by atoms with Crippen LogP contribution in [0.3, 0.4) is 0 Å². The largest absolute Gasteiger partial charge is 0.356 e. The van der Waals surface area contributed by atoms with Crippen molar-refractivity contribution in [1.29, 1.82) is 0 Å². The Morgan fingerprint density at radius 3 is 2.18 bits per heavy atom. The SMILES string of the molecule is CN=C(NCCCNC(=O)c1ccccc1)NCC1(c2ccccc2)CCC1. The van der Waals surface area contributed by atoms with E-state index < -0.39 is 0 Å². The molecule has 2 aromatic rings. The topological polar surface area (TPSA) is 65.5 Å². The molecule has 0 bridgehead atoms. The van der Waals surface area contributed by atoms with Crippen molar-refractivity contribution in [2.24, 2.45) is 4.99 Å². The maximum absolute atomic E-state index is 12.0. The third kappa shape index (κ3) is 5.12. The number of nitrogens with one attached hydrogen (secondary N) is 3. The van der Waals surface area contributed by atoms with Gasteiger partial charge in [-0.15, -0.1) is 0 Å². The molecule has 3 N–H and O–H groups in total. The highest BCUT2D eigenvalue weighted by atomic mass is 16.1. The molecule has 0 spiro atoms. The van der Waals surface area contributed by atoms with Gasteiger partial charge in [0.05, 0.1) is 0 Å². The van der Waals surface area contributed by atoms with Crippen molar-refractivity contribution in [3.8, 4) is 0 Å².